The number of nitrogens with two attached hydrogens (primary N) is 1. The van der Waals surface area contributed by atoms with Crippen LogP contribution < -0.4 is 10.6 Å². The third-order valence-electron chi connectivity index (χ3n) is 3.74. The second kappa shape index (κ2) is 5.18. The highest BCUT2D eigenvalue weighted by Gasteiger charge is 2.28. The third-order valence-corrected chi connectivity index (χ3v) is 3.74. The molecule has 1 unspecified atom stereocenters. The number of aliphatic hydroxyl groups excluding tert-OH is 1. The lowest BCUT2D eigenvalue weighted by Gasteiger charge is -2.36. The molecule has 0 aliphatic carbocycles. The Morgan fingerprint density at radius 2 is 2.17 bits per heavy atom. The molecule has 1 aliphatic rings. The number of piperidine rings is 1. The lowest BCUT2D eigenvalue weighted by atomic mass is 10.0. The van der Waals surface area contributed by atoms with Crippen LogP contribution in [0.2, 0.25) is 0 Å². The first-order valence-corrected chi connectivity index (χ1v) is 6.76. The molecule has 2 rings (SSSR count). The normalized spacial score (nSPS) is 20.7. The summed E-state index contributed by atoms with van der Waals surface area (Å²) in [4.78, 5) is 2.22. The van der Waals surface area contributed by atoms with Crippen LogP contribution in [0.15, 0.2) is 0 Å². The summed E-state index contributed by atoms with van der Waals surface area (Å²) in [5.74, 6) is 1.29. The third kappa shape index (κ3) is 2.19. The first kappa shape index (κ1) is 13.2. The summed E-state index contributed by atoms with van der Waals surface area (Å²) in [7, 11) is 1.93. The van der Waals surface area contributed by atoms with E-state index in [2.05, 4.69) is 23.8 Å². The molecule has 0 bridgehead atoms. The van der Waals surface area contributed by atoms with Crippen LogP contribution >= 0.6 is 0 Å². The molecule has 1 fully saturated rings. The minimum Gasteiger partial charge on any atom is -0.394 e. The van der Waals surface area contributed by atoms with Crippen LogP contribution in [0.25, 0.3) is 0 Å². The van der Waals surface area contributed by atoms with Crippen molar-refractivity contribution in [2.45, 2.75) is 45.1 Å². The first-order valence-electron chi connectivity index (χ1n) is 6.76. The smallest absolute Gasteiger partial charge is 0.150 e. The van der Waals surface area contributed by atoms with Gasteiger partial charge in [-0.1, -0.05) is 13.8 Å². The molecule has 0 spiro atoms. The van der Waals surface area contributed by atoms with E-state index in [1.807, 2.05) is 11.7 Å². The van der Waals surface area contributed by atoms with E-state index in [1.165, 1.54) is 6.42 Å². The van der Waals surface area contributed by atoms with Crippen LogP contribution in [0.1, 0.15) is 44.7 Å². The molecule has 1 atom stereocenters. The summed E-state index contributed by atoms with van der Waals surface area (Å²) in [5, 5.41) is 14.0. The molecule has 0 radical (unpaired) electrons. The zero-order valence-corrected chi connectivity index (χ0v) is 11.6. The van der Waals surface area contributed by atoms with Crippen LogP contribution in [0, 0.1) is 0 Å². The maximum Gasteiger partial charge on any atom is 0.150 e. The van der Waals surface area contributed by atoms with E-state index in [0.29, 0.717) is 5.92 Å². The molecule has 0 amide bonds. The van der Waals surface area contributed by atoms with E-state index in [-0.39, 0.29) is 12.6 Å². The number of aliphatic hydroxyl groups is 1. The maximum absolute atomic E-state index is 9.51. The van der Waals surface area contributed by atoms with Gasteiger partial charge in [0.25, 0.3) is 0 Å². The van der Waals surface area contributed by atoms with Gasteiger partial charge in [0, 0.05) is 13.6 Å². The van der Waals surface area contributed by atoms with E-state index in [0.717, 1.165) is 36.6 Å². The van der Waals surface area contributed by atoms with Gasteiger partial charge in [0.1, 0.15) is 0 Å². The minimum atomic E-state index is 0.177. The summed E-state index contributed by atoms with van der Waals surface area (Å²) in [6.07, 6.45) is 3.35. The number of rotatable bonds is 3. The van der Waals surface area contributed by atoms with Gasteiger partial charge in [-0.2, -0.15) is 5.10 Å². The number of nitrogens with zero attached hydrogens (tertiary/aromatic N) is 3. The fourth-order valence-corrected chi connectivity index (χ4v) is 2.79. The van der Waals surface area contributed by atoms with Crippen LogP contribution in [-0.4, -0.2) is 34.1 Å². The first-order chi connectivity index (χ1) is 8.56. The summed E-state index contributed by atoms with van der Waals surface area (Å²) < 4.78 is 1.86. The Hall–Kier alpha value is -1.23. The Balaban J connectivity index is 2.37. The van der Waals surface area contributed by atoms with Crippen molar-refractivity contribution in [3.05, 3.63) is 5.69 Å². The number of hydrogen-bond acceptors (Lipinski definition) is 4. The Labute approximate surface area is 109 Å². The van der Waals surface area contributed by atoms with Gasteiger partial charge in [-0.05, 0) is 25.2 Å². The fraction of sp³-hybridized carbons (Fsp3) is 0.769. The van der Waals surface area contributed by atoms with Crippen LogP contribution in [0.3, 0.4) is 0 Å². The predicted molar refractivity (Wildman–Crippen MR) is 73.8 cm³/mol. The lowest BCUT2D eigenvalue weighted by molar-refractivity contribution is 0.239. The zero-order valence-electron chi connectivity index (χ0n) is 11.6. The number of anilines is 2. The highest BCUT2D eigenvalue weighted by Crippen LogP contribution is 2.34. The van der Waals surface area contributed by atoms with Crippen molar-refractivity contribution in [3.63, 3.8) is 0 Å². The van der Waals surface area contributed by atoms with Gasteiger partial charge < -0.3 is 15.7 Å². The summed E-state index contributed by atoms with van der Waals surface area (Å²) >= 11 is 0. The molecule has 5 heteroatoms. The predicted octanol–water partition coefficient (Wildman–Crippen LogP) is 1.48. The standard InChI is InChI=1S/C13H24N4O/c1-9(2)12-11(14)13(16(3)15-12)17-7-5-4-6-10(17)8-18/h9-10,18H,4-8,14H2,1-3H3. The van der Waals surface area contributed by atoms with E-state index in [9.17, 15) is 5.11 Å². The SMILES string of the molecule is CC(C)c1nn(C)c(N2CCCCC2CO)c1N. The molecule has 1 saturated heterocycles. The van der Waals surface area contributed by atoms with Crippen molar-refractivity contribution in [2.24, 2.45) is 7.05 Å². The van der Waals surface area contributed by atoms with Gasteiger partial charge in [0.15, 0.2) is 5.82 Å². The van der Waals surface area contributed by atoms with Gasteiger partial charge in [0.05, 0.1) is 24.0 Å². The highest BCUT2D eigenvalue weighted by atomic mass is 16.3. The lowest BCUT2D eigenvalue weighted by Crippen LogP contribution is -2.43. The monoisotopic (exact) mass is 252 g/mol. The Bertz CT molecular complexity index is 413. The Kier molecular flexibility index (Phi) is 3.80. The average Bonchev–Trinajstić information content (AvgIpc) is 2.65. The molecule has 2 heterocycles. The van der Waals surface area contributed by atoms with E-state index in [4.69, 9.17) is 5.73 Å². The molecule has 5 nitrogen and oxygen atoms in total. The van der Waals surface area contributed by atoms with Crippen LogP contribution in [0.4, 0.5) is 11.5 Å². The van der Waals surface area contributed by atoms with Crippen molar-refractivity contribution in [2.75, 3.05) is 23.8 Å². The molecule has 1 aromatic heterocycles. The Morgan fingerprint density at radius 3 is 2.72 bits per heavy atom. The molecule has 18 heavy (non-hydrogen) atoms. The van der Waals surface area contributed by atoms with Crippen LogP contribution in [-0.2, 0) is 7.05 Å². The van der Waals surface area contributed by atoms with E-state index in [1.54, 1.807) is 0 Å². The zero-order chi connectivity index (χ0) is 13.3. The van der Waals surface area contributed by atoms with E-state index >= 15 is 0 Å². The molecule has 1 aliphatic heterocycles. The van der Waals surface area contributed by atoms with Gasteiger partial charge >= 0.3 is 0 Å². The van der Waals surface area contributed by atoms with Crippen molar-refractivity contribution in [1.29, 1.82) is 0 Å². The molecule has 1 aromatic rings. The fourth-order valence-electron chi connectivity index (χ4n) is 2.79. The topological polar surface area (TPSA) is 67.3 Å². The average molecular weight is 252 g/mol. The molecular weight excluding hydrogens is 228 g/mol. The second-order valence-corrected chi connectivity index (χ2v) is 5.43. The number of aromatic nitrogens is 2. The van der Waals surface area contributed by atoms with E-state index < -0.39 is 0 Å². The molecule has 0 aromatic carbocycles. The minimum absolute atomic E-state index is 0.177. The summed E-state index contributed by atoms with van der Waals surface area (Å²) in [6, 6.07) is 0.177. The number of nitrogen functional groups attached to an aromatic ring is 1. The number of hydrogen-bond donors (Lipinski definition) is 2. The van der Waals surface area contributed by atoms with Crippen LogP contribution in [0.5, 0.6) is 0 Å². The molecular formula is C13H24N4O. The highest BCUT2D eigenvalue weighted by molar-refractivity contribution is 5.67. The number of aryl methyl sites for hydroxylation is 1. The summed E-state index contributed by atoms with van der Waals surface area (Å²) in [6.45, 7) is 5.33. The van der Waals surface area contributed by atoms with Gasteiger partial charge in [-0.25, -0.2) is 0 Å². The van der Waals surface area contributed by atoms with Gasteiger partial charge in [-0.15, -0.1) is 0 Å². The Morgan fingerprint density at radius 1 is 1.44 bits per heavy atom. The molecule has 3 N–H and O–H groups in total. The second-order valence-electron chi connectivity index (χ2n) is 5.43. The van der Waals surface area contributed by atoms with Crippen molar-refractivity contribution >= 4 is 11.5 Å². The largest absolute Gasteiger partial charge is 0.394 e. The molecule has 0 saturated carbocycles. The van der Waals surface area contributed by atoms with Crippen molar-refractivity contribution in [3.8, 4) is 0 Å². The van der Waals surface area contributed by atoms with Gasteiger partial charge in [0.2, 0.25) is 0 Å². The maximum atomic E-state index is 9.51. The quantitative estimate of drug-likeness (QED) is 0.855. The summed E-state index contributed by atoms with van der Waals surface area (Å²) in [5.41, 5.74) is 7.97. The van der Waals surface area contributed by atoms with Gasteiger partial charge in [-0.3, -0.25) is 4.68 Å². The van der Waals surface area contributed by atoms with Crippen molar-refractivity contribution < 1.29 is 5.11 Å². The molecule has 102 valence electrons. The van der Waals surface area contributed by atoms with Crippen molar-refractivity contribution in [1.82, 2.24) is 9.78 Å².